The van der Waals surface area contributed by atoms with Crippen molar-refractivity contribution in [1.29, 1.82) is 0 Å². The number of rotatable bonds is 7. The lowest BCUT2D eigenvalue weighted by molar-refractivity contribution is 0.0158. The number of nitrogens with one attached hydrogen (secondary N) is 1. The van der Waals surface area contributed by atoms with Crippen LogP contribution >= 0.6 is 11.6 Å². The predicted molar refractivity (Wildman–Crippen MR) is 164 cm³/mol. The molecule has 0 bridgehead atoms. The van der Waals surface area contributed by atoms with E-state index < -0.39 is 23.3 Å². The van der Waals surface area contributed by atoms with Crippen LogP contribution in [-0.4, -0.2) is 69.3 Å². The highest BCUT2D eigenvalue weighted by atomic mass is 35.5. The molecule has 2 aromatic heterocycles. The van der Waals surface area contributed by atoms with Crippen LogP contribution in [0.4, 0.5) is 19.4 Å². The van der Waals surface area contributed by atoms with Gasteiger partial charge < -0.3 is 24.6 Å². The fourth-order valence-corrected chi connectivity index (χ4v) is 5.43. The van der Waals surface area contributed by atoms with Crippen LogP contribution in [0.2, 0.25) is 5.02 Å². The molecule has 1 saturated heterocycles. The van der Waals surface area contributed by atoms with Gasteiger partial charge in [-0.1, -0.05) is 17.7 Å². The fraction of sp³-hybridized carbons (Fsp3) is 0.387. The zero-order chi connectivity index (χ0) is 31.6. The monoisotopic (exact) mass is 625 g/mol. The summed E-state index contributed by atoms with van der Waals surface area (Å²) in [5.74, 6) is -0.0170. The summed E-state index contributed by atoms with van der Waals surface area (Å²) in [5.41, 5.74) is -0.899. The van der Waals surface area contributed by atoms with Crippen LogP contribution in [0, 0.1) is 11.6 Å². The van der Waals surface area contributed by atoms with Gasteiger partial charge in [-0.05, 0) is 52.0 Å². The molecule has 1 aliphatic heterocycles. The average molecular weight is 626 g/mol. The third kappa shape index (κ3) is 6.66. The molecule has 1 N–H and O–H groups in total. The second-order valence-corrected chi connectivity index (χ2v) is 11.9. The molecular weight excluding hydrogens is 592 g/mol. The SMILES string of the molecule is COc1cccc(F)c1-c1c(Cl)cc2c(N3CCN(C(=O)OC(C)(C)C)C(C)C3)nc(CNCc3ncccn3)nc2c1F. The first kappa shape index (κ1) is 31.3. The third-order valence-electron chi connectivity index (χ3n) is 7.09. The second-order valence-electron chi connectivity index (χ2n) is 11.5. The van der Waals surface area contributed by atoms with Gasteiger partial charge in [0.15, 0.2) is 5.82 Å². The maximum atomic E-state index is 16.5. The number of halogens is 3. The van der Waals surface area contributed by atoms with Gasteiger partial charge in [-0.15, -0.1) is 0 Å². The van der Waals surface area contributed by atoms with Gasteiger partial charge in [-0.2, -0.15) is 0 Å². The number of benzene rings is 2. The number of carbonyl (C=O) groups excluding carboxylic acids is 1. The molecule has 4 aromatic rings. The van der Waals surface area contributed by atoms with E-state index in [4.69, 9.17) is 26.1 Å². The molecule has 0 spiro atoms. The minimum Gasteiger partial charge on any atom is -0.496 e. The van der Waals surface area contributed by atoms with Crippen molar-refractivity contribution < 1.29 is 23.0 Å². The number of hydrogen-bond acceptors (Lipinski definition) is 9. The summed E-state index contributed by atoms with van der Waals surface area (Å²) in [4.78, 5) is 34.3. The Kier molecular flexibility index (Phi) is 9.12. The molecule has 1 fully saturated rings. The van der Waals surface area contributed by atoms with Crippen LogP contribution in [-0.2, 0) is 17.8 Å². The summed E-state index contributed by atoms with van der Waals surface area (Å²) in [6, 6.07) is 7.27. The van der Waals surface area contributed by atoms with Crippen molar-refractivity contribution in [2.75, 3.05) is 31.6 Å². The van der Waals surface area contributed by atoms with Crippen molar-refractivity contribution >= 4 is 34.4 Å². The number of aromatic nitrogens is 4. The van der Waals surface area contributed by atoms with Crippen LogP contribution in [0.25, 0.3) is 22.0 Å². The molecule has 1 unspecified atom stereocenters. The predicted octanol–water partition coefficient (Wildman–Crippen LogP) is 5.76. The Balaban J connectivity index is 1.56. The molecular formula is C31H34ClF2N7O3. The molecule has 1 atom stereocenters. The van der Waals surface area contributed by atoms with Crippen LogP contribution in [0.5, 0.6) is 5.75 Å². The highest BCUT2D eigenvalue weighted by Crippen LogP contribution is 2.42. The van der Waals surface area contributed by atoms with Crippen LogP contribution in [0.15, 0.2) is 42.7 Å². The van der Waals surface area contributed by atoms with E-state index >= 15 is 8.78 Å². The highest BCUT2D eigenvalue weighted by molar-refractivity contribution is 6.34. The summed E-state index contributed by atoms with van der Waals surface area (Å²) < 4.78 is 42.5. The minimum absolute atomic E-state index is 0.0178. The summed E-state index contributed by atoms with van der Waals surface area (Å²) >= 11 is 6.67. The van der Waals surface area contributed by atoms with Crippen LogP contribution in [0.3, 0.4) is 0 Å². The standard InChI is InChI=1S/C31H34ClF2N7O3/c1-18-17-40(12-13-41(18)30(42)44-31(2,3)4)29-19-14-20(32)25(26-21(33)8-6-9-22(26)43-5)27(34)28(19)38-24(39-29)16-35-15-23-36-10-7-11-37-23/h6-11,14,18,35H,12-13,15-17H2,1-5H3. The molecule has 2 aromatic carbocycles. The Bertz CT molecular complexity index is 1670. The van der Waals surface area contributed by atoms with Crippen molar-refractivity contribution in [1.82, 2.24) is 30.2 Å². The molecule has 44 heavy (non-hydrogen) atoms. The number of carbonyl (C=O) groups is 1. The molecule has 10 nitrogen and oxygen atoms in total. The summed E-state index contributed by atoms with van der Waals surface area (Å²) in [6.07, 6.45) is 2.89. The van der Waals surface area contributed by atoms with Gasteiger partial charge >= 0.3 is 6.09 Å². The maximum Gasteiger partial charge on any atom is 0.410 e. The number of methoxy groups -OCH3 is 1. The molecule has 5 rings (SSSR count). The lowest BCUT2D eigenvalue weighted by atomic mass is 10.0. The maximum absolute atomic E-state index is 16.5. The Labute approximate surface area is 259 Å². The van der Waals surface area contributed by atoms with E-state index in [2.05, 4.69) is 20.3 Å². The Hall–Kier alpha value is -4.16. The molecule has 0 radical (unpaired) electrons. The Morgan fingerprint density at radius 3 is 2.48 bits per heavy atom. The number of anilines is 1. The van der Waals surface area contributed by atoms with Gasteiger partial charge in [0, 0.05) is 49.0 Å². The quantitative estimate of drug-likeness (QED) is 0.274. The normalized spacial score (nSPS) is 15.5. The molecule has 232 valence electrons. The number of hydrogen-bond donors (Lipinski definition) is 1. The zero-order valence-corrected chi connectivity index (χ0v) is 26.0. The lowest BCUT2D eigenvalue weighted by Gasteiger charge is -2.41. The number of piperazine rings is 1. The molecule has 0 saturated carbocycles. The summed E-state index contributed by atoms with van der Waals surface area (Å²) in [6.45, 7) is 9.06. The van der Waals surface area contributed by atoms with E-state index in [1.807, 2.05) is 32.6 Å². The van der Waals surface area contributed by atoms with Gasteiger partial charge in [0.1, 0.15) is 40.2 Å². The lowest BCUT2D eigenvalue weighted by Crippen LogP contribution is -2.55. The van der Waals surface area contributed by atoms with E-state index in [1.54, 1.807) is 29.4 Å². The van der Waals surface area contributed by atoms with Gasteiger partial charge in [0.2, 0.25) is 0 Å². The third-order valence-corrected chi connectivity index (χ3v) is 7.39. The van der Waals surface area contributed by atoms with E-state index in [0.717, 1.165) is 0 Å². The van der Waals surface area contributed by atoms with Crippen molar-refractivity contribution in [3.05, 3.63) is 71.0 Å². The first-order valence-electron chi connectivity index (χ1n) is 14.2. The molecule has 1 amide bonds. The minimum atomic E-state index is -0.798. The topological polar surface area (TPSA) is 106 Å². The summed E-state index contributed by atoms with van der Waals surface area (Å²) in [5, 5.41) is 3.55. The smallest absolute Gasteiger partial charge is 0.410 e. The van der Waals surface area contributed by atoms with E-state index in [-0.39, 0.29) is 40.0 Å². The Morgan fingerprint density at radius 2 is 1.80 bits per heavy atom. The zero-order valence-electron chi connectivity index (χ0n) is 25.2. The first-order chi connectivity index (χ1) is 21.0. The molecule has 1 aliphatic rings. The average Bonchev–Trinajstić information content (AvgIpc) is 2.97. The Morgan fingerprint density at radius 1 is 1.07 bits per heavy atom. The van der Waals surface area contributed by atoms with Crippen molar-refractivity contribution in [2.24, 2.45) is 0 Å². The van der Waals surface area contributed by atoms with Gasteiger partial charge in [0.05, 0.1) is 30.8 Å². The number of nitrogens with zero attached hydrogens (tertiary/aromatic N) is 6. The number of fused-ring (bicyclic) bond motifs is 1. The molecule has 3 heterocycles. The largest absolute Gasteiger partial charge is 0.496 e. The van der Waals surface area contributed by atoms with E-state index in [1.165, 1.54) is 25.3 Å². The van der Waals surface area contributed by atoms with E-state index in [9.17, 15) is 4.79 Å². The van der Waals surface area contributed by atoms with Crippen molar-refractivity contribution in [3.8, 4) is 16.9 Å². The number of ether oxygens (including phenoxy) is 2. The van der Waals surface area contributed by atoms with Gasteiger partial charge in [-0.3, -0.25) is 0 Å². The second kappa shape index (κ2) is 12.8. The van der Waals surface area contributed by atoms with Crippen LogP contribution in [0.1, 0.15) is 39.3 Å². The fourth-order valence-electron chi connectivity index (χ4n) is 5.14. The first-order valence-corrected chi connectivity index (χ1v) is 14.6. The molecule has 13 heteroatoms. The van der Waals surface area contributed by atoms with E-state index in [0.29, 0.717) is 49.0 Å². The number of amides is 1. The van der Waals surface area contributed by atoms with Gasteiger partial charge in [-0.25, -0.2) is 33.5 Å². The van der Waals surface area contributed by atoms with Gasteiger partial charge in [0.25, 0.3) is 0 Å². The summed E-state index contributed by atoms with van der Waals surface area (Å²) in [7, 11) is 1.38. The molecule has 0 aliphatic carbocycles. The van der Waals surface area contributed by atoms with Crippen molar-refractivity contribution in [2.45, 2.75) is 52.4 Å². The highest BCUT2D eigenvalue weighted by Gasteiger charge is 2.33. The van der Waals surface area contributed by atoms with Crippen LogP contribution < -0.4 is 15.0 Å². The van der Waals surface area contributed by atoms with Crippen molar-refractivity contribution in [3.63, 3.8) is 0 Å².